The van der Waals surface area contributed by atoms with Gasteiger partial charge in [0.15, 0.2) is 12.1 Å². The molecule has 52 heavy (non-hydrogen) atoms. The standard InChI is InChI=1S/C39H68N5O8/c1-24-20-38(6,49-12)34(52-35-32(46)29(42(8)9)19-25(2)51-35)26(3)33(47)37(4,5)36(48)50-23-30(43(10)22-24)39(40-7)17-15-28(16-18-39)44(11)31(45)21-41-27-13-14-27/h7,24-30,32,34-35,41,46H,13-23H2,1-6,8-12H3/q+1/t24-,25-,26+,28?,29+,30-,32-,34-,35+,38-,39?/m1/s1. The van der Waals surface area contributed by atoms with Crippen molar-refractivity contribution in [3.63, 3.8) is 0 Å². The molecule has 296 valence electrons. The summed E-state index contributed by atoms with van der Waals surface area (Å²) in [7, 11) is 9.30. The lowest BCUT2D eigenvalue weighted by molar-refractivity contribution is -0.295. The number of carbonyl (C=O) groups is 3. The van der Waals surface area contributed by atoms with E-state index in [1.807, 2.05) is 51.8 Å². The molecule has 2 N–H and O–H groups in total. The topological polar surface area (TPSA) is 134 Å². The summed E-state index contributed by atoms with van der Waals surface area (Å²) in [5, 5.41) is 14.7. The molecule has 2 saturated heterocycles. The van der Waals surface area contributed by atoms with Gasteiger partial charge in [0.2, 0.25) is 5.91 Å². The number of nitrogens with one attached hydrogen (secondary N) is 1. The van der Waals surface area contributed by atoms with E-state index in [1.165, 1.54) is 0 Å². The molecule has 2 aliphatic carbocycles. The highest BCUT2D eigenvalue weighted by Gasteiger charge is 2.56. The monoisotopic (exact) mass is 735 g/mol. The summed E-state index contributed by atoms with van der Waals surface area (Å²) in [4.78, 5) is 51.8. The van der Waals surface area contributed by atoms with Gasteiger partial charge in [-0.05, 0) is 93.3 Å². The quantitative estimate of drug-likeness (QED) is 0.267. The number of amides is 1. The van der Waals surface area contributed by atoms with Crippen molar-refractivity contribution in [1.82, 2.24) is 20.0 Å². The van der Waals surface area contributed by atoms with Gasteiger partial charge in [-0.1, -0.05) is 18.7 Å². The lowest BCUT2D eigenvalue weighted by atomic mass is 9.74. The van der Waals surface area contributed by atoms with E-state index in [0.29, 0.717) is 57.7 Å². The highest BCUT2D eigenvalue weighted by atomic mass is 16.7. The summed E-state index contributed by atoms with van der Waals surface area (Å²) < 4.78 is 25.2. The Bertz CT molecular complexity index is 1290. The van der Waals surface area contributed by atoms with Crippen LogP contribution >= 0.6 is 0 Å². The molecule has 1 amide bonds. The molecule has 2 saturated carbocycles. The highest BCUT2D eigenvalue weighted by Crippen LogP contribution is 2.41. The molecule has 0 bridgehead atoms. The number of carbonyl (C=O) groups excluding carboxylic acids is 3. The van der Waals surface area contributed by atoms with Crippen molar-refractivity contribution >= 4 is 17.7 Å². The van der Waals surface area contributed by atoms with E-state index >= 15 is 0 Å². The zero-order chi connectivity index (χ0) is 38.8. The summed E-state index contributed by atoms with van der Waals surface area (Å²) >= 11 is 0. The van der Waals surface area contributed by atoms with Gasteiger partial charge >= 0.3 is 5.97 Å². The van der Waals surface area contributed by atoms with E-state index in [9.17, 15) is 19.5 Å². The minimum atomic E-state index is -1.52. The first-order chi connectivity index (χ1) is 24.3. The number of esters is 1. The molecule has 9 atom stereocenters. The number of rotatable bonds is 9. The molecule has 2 aliphatic heterocycles. The van der Waals surface area contributed by atoms with Crippen molar-refractivity contribution in [2.45, 2.75) is 153 Å². The van der Waals surface area contributed by atoms with Gasteiger partial charge in [-0.3, -0.25) is 19.3 Å². The van der Waals surface area contributed by atoms with Crippen LogP contribution in [0.3, 0.4) is 0 Å². The number of hydrogen-bond acceptors (Lipinski definition) is 11. The third kappa shape index (κ3) is 9.36. The van der Waals surface area contributed by atoms with Crippen LogP contribution in [0.2, 0.25) is 0 Å². The molecule has 13 heteroatoms. The lowest BCUT2D eigenvalue weighted by Crippen LogP contribution is -2.59. The molecule has 0 aromatic heterocycles. The minimum absolute atomic E-state index is 0.00593. The number of hydrogen-bond donors (Lipinski definition) is 2. The van der Waals surface area contributed by atoms with Gasteiger partial charge in [0, 0.05) is 57.6 Å². The number of aliphatic hydroxyl groups is 1. The van der Waals surface area contributed by atoms with E-state index < -0.39 is 46.9 Å². The lowest BCUT2D eigenvalue weighted by Gasteiger charge is -2.47. The maximum atomic E-state index is 14.4. The van der Waals surface area contributed by atoms with E-state index in [1.54, 1.807) is 27.9 Å². The zero-order valence-corrected chi connectivity index (χ0v) is 33.7. The maximum absolute atomic E-state index is 14.4. The van der Waals surface area contributed by atoms with Crippen LogP contribution in [0.4, 0.5) is 0 Å². The number of ether oxygens (including phenoxy) is 4. The fourth-order valence-corrected chi connectivity index (χ4v) is 9.00. The number of Topliss-reactive ketones (excluding diaryl/α,β-unsaturated/α-hetero) is 1. The molecular formula is C39H68N5O8+. The number of cyclic esters (lactones) is 1. The first-order valence-corrected chi connectivity index (χ1v) is 19.3. The number of methoxy groups -OCH3 is 1. The SMILES string of the molecule is C#[N+]C1([C@H]2COC(=O)C(C)(C)C(=O)[C@H](C)[C@@H](O[C@@H]3O[C@H](C)C[C@H](N(C)C)[C@H]3O)[C@](C)(OC)C[C@@H](C)CN2C)CCC(N(C)C(=O)CNC2CC2)CC1. The molecule has 13 nitrogen and oxygen atoms in total. The predicted octanol–water partition coefficient (Wildman–Crippen LogP) is 3.17. The van der Waals surface area contributed by atoms with Crippen molar-refractivity contribution in [2.24, 2.45) is 17.3 Å². The Kier molecular flexibility index (Phi) is 14.0. The van der Waals surface area contributed by atoms with Gasteiger partial charge in [-0.15, -0.1) is 0 Å². The van der Waals surface area contributed by atoms with E-state index in [-0.39, 0.29) is 48.4 Å². The van der Waals surface area contributed by atoms with Crippen molar-refractivity contribution in [3.05, 3.63) is 4.85 Å². The first-order valence-electron chi connectivity index (χ1n) is 19.3. The van der Waals surface area contributed by atoms with Crippen LogP contribution in [-0.4, -0.2) is 152 Å². The van der Waals surface area contributed by atoms with Gasteiger partial charge < -0.3 is 39.2 Å². The van der Waals surface area contributed by atoms with Crippen LogP contribution in [0.5, 0.6) is 0 Å². The normalized spacial score (nSPS) is 39.8. The Balaban J connectivity index is 1.61. The largest absolute Gasteiger partial charge is 0.463 e. The van der Waals surface area contributed by atoms with Crippen molar-refractivity contribution < 1.29 is 38.4 Å². The third-order valence-corrected chi connectivity index (χ3v) is 12.6. The molecule has 0 aromatic carbocycles. The average molecular weight is 735 g/mol. The predicted molar refractivity (Wildman–Crippen MR) is 199 cm³/mol. The Morgan fingerprint density at radius 2 is 1.73 bits per heavy atom. The molecule has 4 rings (SSSR count). The molecular weight excluding hydrogens is 666 g/mol. The summed E-state index contributed by atoms with van der Waals surface area (Å²) in [6, 6.07) is -0.0622. The summed E-state index contributed by atoms with van der Waals surface area (Å²) in [6.07, 6.45) is 3.00. The van der Waals surface area contributed by atoms with Crippen molar-refractivity contribution in [3.8, 4) is 6.57 Å². The second-order valence-electron chi connectivity index (χ2n) is 17.4. The van der Waals surface area contributed by atoms with Gasteiger partial charge in [-0.25, -0.2) is 0 Å². The van der Waals surface area contributed by atoms with Crippen molar-refractivity contribution in [2.75, 3.05) is 55.0 Å². The second-order valence-corrected chi connectivity index (χ2v) is 17.4. The summed E-state index contributed by atoms with van der Waals surface area (Å²) in [5.41, 5.74) is -3.25. The Labute approximate surface area is 312 Å². The second kappa shape index (κ2) is 17.1. The number of aliphatic hydroxyl groups excluding tert-OH is 1. The van der Waals surface area contributed by atoms with Gasteiger partial charge in [0.1, 0.15) is 24.2 Å². The fraction of sp³-hybridized carbons (Fsp3) is 0.897. The van der Waals surface area contributed by atoms with Crippen LogP contribution in [0.15, 0.2) is 0 Å². The number of nitrogens with zero attached hydrogens (tertiary/aromatic N) is 4. The average Bonchev–Trinajstić information content (AvgIpc) is 3.94. The zero-order valence-electron chi connectivity index (χ0n) is 33.7. The molecule has 2 heterocycles. The van der Waals surface area contributed by atoms with E-state index in [4.69, 9.17) is 25.5 Å². The number of likely N-dealkylation sites (N-methyl/N-ethyl adjacent to an activating group) is 3. The van der Waals surface area contributed by atoms with Gasteiger partial charge in [-0.2, -0.15) is 0 Å². The third-order valence-electron chi connectivity index (χ3n) is 12.6. The Hall–Kier alpha value is -2.18. The summed E-state index contributed by atoms with van der Waals surface area (Å²) in [5.74, 6) is -1.71. The molecule has 0 aromatic rings. The van der Waals surface area contributed by atoms with E-state index in [2.05, 4.69) is 22.0 Å². The smallest absolute Gasteiger partial charge is 0.319 e. The van der Waals surface area contributed by atoms with Crippen LogP contribution in [0.25, 0.3) is 4.85 Å². The minimum Gasteiger partial charge on any atom is -0.463 e. The van der Waals surface area contributed by atoms with E-state index in [0.717, 1.165) is 12.8 Å². The van der Waals surface area contributed by atoms with Crippen LogP contribution < -0.4 is 5.32 Å². The molecule has 0 spiro atoms. The van der Waals surface area contributed by atoms with Crippen LogP contribution in [-0.2, 0) is 33.3 Å². The van der Waals surface area contributed by atoms with Gasteiger partial charge in [0.25, 0.3) is 12.1 Å². The molecule has 0 unspecified atom stereocenters. The first kappa shape index (κ1) is 42.6. The fourth-order valence-electron chi connectivity index (χ4n) is 9.00. The highest BCUT2D eigenvalue weighted by molar-refractivity contribution is 6.04. The Morgan fingerprint density at radius 1 is 1.10 bits per heavy atom. The van der Waals surface area contributed by atoms with Gasteiger partial charge in [0.05, 0.1) is 24.4 Å². The summed E-state index contributed by atoms with van der Waals surface area (Å²) in [6.45, 7) is 18.1. The molecule has 0 radical (unpaired) electrons. The number of ketones is 1. The van der Waals surface area contributed by atoms with Crippen LogP contribution in [0.1, 0.15) is 92.9 Å². The molecule has 4 aliphatic rings. The van der Waals surface area contributed by atoms with Crippen LogP contribution in [0, 0.1) is 23.8 Å². The van der Waals surface area contributed by atoms with Crippen molar-refractivity contribution in [1.29, 1.82) is 0 Å². The maximum Gasteiger partial charge on any atom is 0.319 e. The molecule has 4 fully saturated rings. The Morgan fingerprint density at radius 3 is 2.29 bits per heavy atom.